The summed E-state index contributed by atoms with van der Waals surface area (Å²) in [5, 5.41) is 3.36. The molecule has 0 saturated heterocycles. The first-order chi connectivity index (χ1) is 12.0. The molecule has 0 aromatic heterocycles. The Morgan fingerprint density at radius 2 is 1.92 bits per heavy atom. The zero-order valence-corrected chi connectivity index (χ0v) is 14.1. The van der Waals surface area contributed by atoms with E-state index < -0.39 is 6.61 Å². The van der Waals surface area contributed by atoms with Crippen molar-refractivity contribution >= 4 is 23.6 Å². The Labute approximate surface area is 149 Å². The molecule has 0 aliphatic heterocycles. The molecular formula is C18H16ClF2NO3. The monoisotopic (exact) mass is 367 g/mol. The minimum atomic E-state index is -2.94. The highest BCUT2D eigenvalue weighted by molar-refractivity contribution is 6.30. The number of carbonyl (C=O) groups is 1. The molecule has 0 atom stereocenters. The Kier molecular flexibility index (Phi) is 6.77. The summed E-state index contributed by atoms with van der Waals surface area (Å²) in [6, 6.07) is 11.5. The number of ether oxygens (including phenoxy) is 2. The fourth-order valence-electron chi connectivity index (χ4n) is 2.00. The van der Waals surface area contributed by atoms with Gasteiger partial charge in [-0.25, -0.2) is 0 Å². The molecule has 2 aromatic carbocycles. The van der Waals surface area contributed by atoms with Crippen LogP contribution >= 0.6 is 11.6 Å². The lowest BCUT2D eigenvalue weighted by Gasteiger charge is -2.10. The van der Waals surface area contributed by atoms with Crippen LogP contribution in [-0.4, -0.2) is 19.6 Å². The van der Waals surface area contributed by atoms with Gasteiger partial charge < -0.3 is 14.8 Å². The van der Waals surface area contributed by atoms with Crippen molar-refractivity contribution < 1.29 is 23.0 Å². The van der Waals surface area contributed by atoms with Gasteiger partial charge in [-0.2, -0.15) is 8.78 Å². The molecule has 0 unspecified atom stereocenters. The Balaban J connectivity index is 1.95. The van der Waals surface area contributed by atoms with Gasteiger partial charge in [0.1, 0.15) is 0 Å². The standard InChI is InChI=1S/C18H16ClF2NO3/c1-24-16-10-12(4-8-15(16)25-18(20)21)5-9-17(23)22-11-13-2-6-14(19)7-3-13/h2-10,18H,11H2,1H3,(H,22,23)/b9-5+. The maximum absolute atomic E-state index is 12.3. The van der Waals surface area contributed by atoms with Crippen LogP contribution in [0.5, 0.6) is 11.5 Å². The number of hydrogen-bond acceptors (Lipinski definition) is 3. The highest BCUT2D eigenvalue weighted by Gasteiger charge is 2.10. The maximum Gasteiger partial charge on any atom is 0.387 e. The average molecular weight is 368 g/mol. The zero-order valence-electron chi connectivity index (χ0n) is 13.3. The molecule has 0 bridgehead atoms. The van der Waals surface area contributed by atoms with Gasteiger partial charge in [-0.05, 0) is 41.5 Å². The van der Waals surface area contributed by atoms with Gasteiger partial charge in [0.25, 0.3) is 0 Å². The van der Waals surface area contributed by atoms with Crippen LogP contribution in [0.4, 0.5) is 8.78 Å². The van der Waals surface area contributed by atoms with Crippen LogP contribution in [0.1, 0.15) is 11.1 Å². The second-order valence-electron chi connectivity index (χ2n) is 4.97. The van der Waals surface area contributed by atoms with Crippen LogP contribution in [0.25, 0.3) is 6.08 Å². The topological polar surface area (TPSA) is 47.6 Å². The molecule has 0 aliphatic rings. The highest BCUT2D eigenvalue weighted by Crippen LogP contribution is 2.29. The number of halogens is 3. The van der Waals surface area contributed by atoms with E-state index in [-0.39, 0.29) is 17.4 Å². The van der Waals surface area contributed by atoms with E-state index in [9.17, 15) is 13.6 Å². The molecule has 4 nitrogen and oxygen atoms in total. The first kappa shape index (κ1) is 18.7. The Morgan fingerprint density at radius 1 is 1.20 bits per heavy atom. The van der Waals surface area contributed by atoms with Crippen LogP contribution < -0.4 is 14.8 Å². The summed E-state index contributed by atoms with van der Waals surface area (Å²) in [5.41, 5.74) is 1.53. The van der Waals surface area contributed by atoms with E-state index in [1.54, 1.807) is 24.3 Å². The minimum absolute atomic E-state index is 0.0677. The predicted octanol–water partition coefficient (Wildman–Crippen LogP) is 4.28. The lowest BCUT2D eigenvalue weighted by molar-refractivity contribution is -0.116. The van der Waals surface area contributed by atoms with Crippen molar-refractivity contribution in [3.63, 3.8) is 0 Å². The van der Waals surface area contributed by atoms with Crippen molar-refractivity contribution in [3.8, 4) is 11.5 Å². The summed E-state index contributed by atoms with van der Waals surface area (Å²) in [5.74, 6) is -0.201. The normalized spacial score (nSPS) is 10.9. The molecule has 25 heavy (non-hydrogen) atoms. The number of carbonyl (C=O) groups excluding carboxylic acids is 1. The molecule has 0 saturated carbocycles. The molecule has 1 amide bonds. The van der Waals surface area contributed by atoms with Crippen molar-refractivity contribution in [1.82, 2.24) is 5.32 Å². The summed E-state index contributed by atoms with van der Waals surface area (Å²) in [4.78, 5) is 11.8. The molecule has 1 N–H and O–H groups in total. The zero-order chi connectivity index (χ0) is 18.2. The fourth-order valence-corrected chi connectivity index (χ4v) is 2.13. The van der Waals surface area contributed by atoms with E-state index in [4.69, 9.17) is 16.3 Å². The third kappa shape index (κ3) is 6.08. The fraction of sp³-hybridized carbons (Fsp3) is 0.167. The molecule has 132 valence electrons. The van der Waals surface area contributed by atoms with Crippen LogP contribution in [0.2, 0.25) is 5.02 Å². The summed E-state index contributed by atoms with van der Waals surface area (Å²) < 4.78 is 33.9. The number of alkyl halides is 2. The molecule has 0 fully saturated rings. The number of nitrogens with one attached hydrogen (secondary N) is 1. The van der Waals surface area contributed by atoms with Gasteiger partial charge in [-0.3, -0.25) is 4.79 Å². The van der Waals surface area contributed by atoms with Gasteiger partial charge in [0.2, 0.25) is 5.91 Å². The third-order valence-electron chi connectivity index (χ3n) is 3.21. The van der Waals surface area contributed by atoms with Crippen LogP contribution in [0.15, 0.2) is 48.5 Å². The van der Waals surface area contributed by atoms with Crippen LogP contribution in [0, 0.1) is 0 Å². The van der Waals surface area contributed by atoms with E-state index in [0.717, 1.165) is 5.56 Å². The molecule has 0 aliphatic carbocycles. The molecule has 0 spiro atoms. The lowest BCUT2D eigenvalue weighted by atomic mass is 10.2. The van der Waals surface area contributed by atoms with Gasteiger partial charge >= 0.3 is 6.61 Å². The minimum Gasteiger partial charge on any atom is -0.493 e. The molecule has 2 rings (SSSR count). The van der Waals surface area contributed by atoms with Crippen molar-refractivity contribution in [2.24, 2.45) is 0 Å². The lowest BCUT2D eigenvalue weighted by Crippen LogP contribution is -2.20. The maximum atomic E-state index is 12.3. The predicted molar refractivity (Wildman–Crippen MR) is 92.0 cm³/mol. The molecule has 0 radical (unpaired) electrons. The number of hydrogen-bond donors (Lipinski definition) is 1. The summed E-state index contributed by atoms with van der Waals surface area (Å²) in [6.07, 6.45) is 2.89. The highest BCUT2D eigenvalue weighted by atomic mass is 35.5. The van der Waals surface area contributed by atoms with Crippen molar-refractivity contribution in [2.45, 2.75) is 13.2 Å². The summed E-state index contributed by atoms with van der Waals surface area (Å²) in [7, 11) is 1.35. The average Bonchev–Trinajstić information content (AvgIpc) is 2.60. The van der Waals surface area contributed by atoms with E-state index in [1.165, 1.54) is 25.3 Å². The van der Waals surface area contributed by atoms with Gasteiger partial charge in [0, 0.05) is 17.6 Å². The summed E-state index contributed by atoms with van der Waals surface area (Å²) in [6.45, 7) is -2.57. The quantitative estimate of drug-likeness (QED) is 0.743. The Hall–Kier alpha value is -2.60. The molecular weight excluding hydrogens is 352 g/mol. The Morgan fingerprint density at radius 3 is 2.56 bits per heavy atom. The van der Waals surface area contributed by atoms with Crippen LogP contribution in [0.3, 0.4) is 0 Å². The number of rotatable bonds is 7. The first-order valence-electron chi connectivity index (χ1n) is 7.31. The van der Waals surface area contributed by atoms with Crippen molar-refractivity contribution in [3.05, 3.63) is 64.7 Å². The van der Waals surface area contributed by atoms with E-state index in [1.807, 2.05) is 12.1 Å². The SMILES string of the molecule is COc1cc(/C=C/C(=O)NCc2ccc(Cl)cc2)ccc1OC(F)F. The third-order valence-corrected chi connectivity index (χ3v) is 3.46. The van der Waals surface area contributed by atoms with E-state index >= 15 is 0 Å². The van der Waals surface area contributed by atoms with Gasteiger partial charge in [-0.1, -0.05) is 29.8 Å². The number of methoxy groups -OCH3 is 1. The smallest absolute Gasteiger partial charge is 0.387 e. The van der Waals surface area contributed by atoms with Gasteiger partial charge in [-0.15, -0.1) is 0 Å². The first-order valence-corrected chi connectivity index (χ1v) is 7.69. The largest absolute Gasteiger partial charge is 0.493 e. The van der Waals surface area contributed by atoms with E-state index in [0.29, 0.717) is 17.1 Å². The van der Waals surface area contributed by atoms with E-state index in [2.05, 4.69) is 10.1 Å². The number of amides is 1. The summed E-state index contributed by atoms with van der Waals surface area (Å²) >= 11 is 5.80. The van der Waals surface area contributed by atoms with Crippen molar-refractivity contribution in [1.29, 1.82) is 0 Å². The van der Waals surface area contributed by atoms with Gasteiger partial charge in [0.05, 0.1) is 7.11 Å². The van der Waals surface area contributed by atoms with Crippen LogP contribution in [-0.2, 0) is 11.3 Å². The molecule has 2 aromatic rings. The number of benzene rings is 2. The second-order valence-corrected chi connectivity index (χ2v) is 5.40. The second kappa shape index (κ2) is 9.03. The molecule has 0 heterocycles. The van der Waals surface area contributed by atoms with Crippen molar-refractivity contribution in [2.75, 3.05) is 7.11 Å². The van der Waals surface area contributed by atoms with Gasteiger partial charge in [0.15, 0.2) is 11.5 Å². The Bertz CT molecular complexity index is 748. The molecule has 7 heteroatoms.